The number of carbonyl (C=O) groups is 4. The molecule has 0 radical (unpaired) electrons. The molecule has 324 valence electrons. The van der Waals surface area contributed by atoms with Gasteiger partial charge < -0.3 is 54.4 Å². The van der Waals surface area contributed by atoms with E-state index in [-0.39, 0.29) is 102 Å². The van der Waals surface area contributed by atoms with Crippen LogP contribution in [0.25, 0.3) is 0 Å². The second-order valence-corrected chi connectivity index (χ2v) is 16.3. The lowest BCUT2D eigenvalue weighted by Gasteiger charge is -2.59. The molecule has 4 aliphatic heterocycles. The zero-order chi connectivity index (χ0) is 43.7. The number of ether oxygens (including phenoxy) is 4. The van der Waals surface area contributed by atoms with E-state index in [2.05, 4.69) is 15.3 Å². The minimum atomic E-state index is -2.48. The van der Waals surface area contributed by atoms with Crippen LogP contribution in [0, 0.1) is 11.3 Å². The summed E-state index contributed by atoms with van der Waals surface area (Å²) in [7, 11) is 0. The lowest BCUT2D eigenvalue weighted by molar-refractivity contribution is -0.723. The van der Waals surface area contributed by atoms with E-state index in [0.29, 0.717) is 28.0 Å². The third-order valence-electron chi connectivity index (χ3n) is 12.8. The molecule has 3 aromatic carbocycles. The molecule has 1 saturated carbocycles. The van der Waals surface area contributed by atoms with Crippen LogP contribution >= 0.6 is 0 Å². The maximum atomic E-state index is 14.8. The second-order valence-electron chi connectivity index (χ2n) is 16.3. The number of nitrogens with zero attached hydrogens (tertiary/aromatic N) is 2. The Hall–Kier alpha value is -5.61. The van der Waals surface area contributed by atoms with Crippen LogP contribution in [0.1, 0.15) is 80.1 Å². The van der Waals surface area contributed by atoms with E-state index in [4.69, 9.17) is 24.4 Å². The fourth-order valence-corrected chi connectivity index (χ4v) is 9.59. The van der Waals surface area contributed by atoms with E-state index < -0.39 is 84.9 Å². The summed E-state index contributed by atoms with van der Waals surface area (Å²) in [4.78, 5) is 63.0. The first-order valence-corrected chi connectivity index (χ1v) is 20.2. The highest BCUT2D eigenvalue weighted by Gasteiger charge is 2.69. The predicted octanol–water partition coefficient (Wildman–Crippen LogP) is -1.44. The Morgan fingerprint density at radius 3 is 2.61 bits per heavy atom. The summed E-state index contributed by atoms with van der Waals surface area (Å²) >= 11 is 0. The van der Waals surface area contributed by atoms with Gasteiger partial charge in [-0.05, 0) is 49.1 Å². The third kappa shape index (κ3) is 6.50. The molecule has 1 saturated heterocycles. The molecule has 9 atom stereocenters. The molecule has 2 fully saturated rings. The first-order valence-electron chi connectivity index (χ1n) is 20.2. The normalized spacial score (nSPS) is 30.5. The molecule has 0 spiro atoms. The maximum Gasteiger partial charge on any atom is 0.284 e. The molecule has 4 bridgehead atoms. The largest absolute Gasteiger partial charge is 0.486 e. The number of hydrogen-bond donors (Lipinski definition) is 9. The summed E-state index contributed by atoms with van der Waals surface area (Å²) in [6.45, 7) is -1.97. The number of quaternary nitrogens is 1. The predicted molar refractivity (Wildman–Crippen MR) is 213 cm³/mol. The standard InChI is InChI=1S/C43H43N5O14/c44-41-46-37-32(38(55)47-41)45-19-48(37)29-4-2-1-3-24(29)23-9-12-59-18-30-42(57)10-7-21(16-51)43(58,39(42)56)40(61-30)62-35-27(23)14-28-31(36(35)60-17-22(52)8-11-49)34(54)26-13-20(15-50)5-6-25(26)33(28)53/h1-6,11,13-14,21-23,30,39-40,50-52,56-58H,7-10,12,15-19H2,(H2,44,47,55)/p+1/t21-,22+,23-,30-,39+,40+,42-,43-/m0/s1. The lowest BCUT2D eigenvalue weighted by atomic mass is 9.62. The highest BCUT2D eigenvalue weighted by Crippen LogP contribution is 2.53. The van der Waals surface area contributed by atoms with Crippen LogP contribution in [0.3, 0.4) is 0 Å². The van der Waals surface area contributed by atoms with Gasteiger partial charge in [0.15, 0.2) is 35.3 Å². The average Bonchev–Trinajstić information content (AvgIpc) is 3.68. The first-order chi connectivity index (χ1) is 29.8. The summed E-state index contributed by atoms with van der Waals surface area (Å²) in [6, 6.07) is 12.9. The van der Waals surface area contributed by atoms with Crippen molar-refractivity contribution in [3.05, 3.63) is 87.5 Å². The van der Waals surface area contributed by atoms with Crippen LogP contribution < -0.4 is 19.7 Å². The molecule has 0 aromatic heterocycles. The van der Waals surface area contributed by atoms with Gasteiger partial charge in [-0.2, -0.15) is 4.99 Å². The topological polar surface area (TPSA) is 292 Å². The summed E-state index contributed by atoms with van der Waals surface area (Å²) in [6.07, 6.45) is -6.32. The van der Waals surface area contributed by atoms with Gasteiger partial charge in [-0.15, -0.1) is 0 Å². The zero-order valence-electron chi connectivity index (χ0n) is 33.1. The highest BCUT2D eigenvalue weighted by atomic mass is 16.7. The van der Waals surface area contributed by atoms with E-state index in [1.165, 1.54) is 24.3 Å². The number of hydrogen-bond acceptors (Lipinski definition) is 16. The number of amides is 1. The third-order valence-corrected chi connectivity index (χ3v) is 12.8. The monoisotopic (exact) mass is 854 g/mol. The summed E-state index contributed by atoms with van der Waals surface area (Å²) < 4.78 is 25.6. The molecular weight excluding hydrogens is 810 g/mol. The quantitative estimate of drug-likeness (QED) is 0.0872. The summed E-state index contributed by atoms with van der Waals surface area (Å²) in [5.74, 6) is -4.68. The molecule has 9 rings (SSSR count). The van der Waals surface area contributed by atoms with Crippen molar-refractivity contribution in [1.82, 2.24) is 5.32 Å². The number of nitrogens with one attached hydrogen (secondary N) is 3. The van der Waals surface area contributed by atoms with Crippen LogP contribution in [-0.2, 0) is 25.7 Å². The van der Waals surface area contributed by atoms with Crippen molar-refractivity contribution < 1.29 is 73.7 Å². The minimum Gasteiger partial charge on any atom is -0.486 e. The molecule has 62 heavy (non-hydrogen) atoms. The Balaban J connectivity index is 1.30. The van der Waals surface area contributed by atoms with Gasteiger partial charge in [-0.25, -0.2) is 9.89 Å². The number of aldehydes is 1. The molecule has 3 aromatic rings. The SMILES string of the molecule is N=C1N=C2C(=NC[NH+]2c2ccccc2[C@@H]2CCOC[C@@H]3O[C@H](Oc4c2cc2c(c4OC[C@H](O)CC=O)C(=O)c4cc(CO)ccc4C2=O)[C@]2(O)[C@H](CO)CC[C@@]3(O)[C@H]2O)C(=O)N1. The van der Waals surface area contributed by atoms with Crippen molar-refractivity contribution in [2.75, 3.05) is 33.1 Å². The highest BCUT2D eigenvalue weighted by molar-refractivity contribution is 6.68. The van der Waals surface area contributed by atoms with Crippen molar-refractivity contribution in [1.29, 1.82) is 5.41 Å². The van der Waals surface area contributed by atoms with Gasteiger partial charge in [0.2, 0.25) is 18.0 Å². The molecule has 2 aliphatic carbocycles. The minimum absolute atomic E-state index is 0.0227. The van der Waals surface area contributed by atoms with E-state index in [0.717, 1.165) is 0 Å². The molecule has 1 unspecified atom stereocenters. The molecule has 19 nitrogen and oxygen atoms in total. The molecule has 1 amide bonds. The Morgan fingerprint density at radius 1 is 1.03 bits per heavy atom. The van der Waals surface area contributed by atoms with Gasteiger partial charge in [0, 0.05) is 59.3 Å². The zero-order valence-corrected chi connectivity index (χ0v) is 33.1. The molecular formula is C43H44N5O14+. The van der Waals surface area contributed by atoms with Gasteiger partial charge in [-0.1, -0.05) is 24.3 Å². The van der Waals surface area contributed by atoms with Gasteiger partial charge in [0.05, 0.1) is 24.9 Å². The van der Waals surface area contributed by atoms with Crippen molar-refractivity contribution in [3.63, 3.8) is 0 Å². The van der Waals surface area contributed by atoms with E-state index in [1.54, 1.807) is 24.3 Å². The van der Waals surface area contributed by atoms with E-state index >= 15 is 0 Å². The number of benzene rings is 3. The first kappa shape index (κ1) is 41.7. The fourth-order valence-electron chi connectivity index (χ4n) is 9.59. The Kier molecular flexibility index (Phi) is 10.7. The average molecular weight is 855 g/mol. The Morgan fingerprint density at radius 2 is 1.84 bits per heavy atom. The van der Waals surface area contributed by atoms with Crippen molar-refractivity contribution in [3.8, 4) is 11.5 Å². The van der Waals surface area contributed by atoms with Crippen LogP contribution in [0.2, 0.25) is 0 Å². The number of carbonyl (C=O) groups excluding carboxylic acids is 4. The number of fused-ring (bicyclic) bond motifs is 10. The molecule has 4 heterocycles. The lowest BCUT2D eigenvalue weighted by Crippen LogP contribution is -3.09. The number of aliphatic imine (C=N–C) groups is 2. The van der Waals surface area contributed by atoms with Crippen LogP contribution in [0.15, 0.2) is 58.5 Å². The number of guanidine groups is 1. The number of rotatable bonds is 9. The molecule has 19 heteroatoms. The number of aliphatic hydroxyl groups is 6. The van der Waals surface area contributed by atoms with Crippen molar-refractivity contribution >= 4 is 47.0 Å². The summed E-state index contributed by atoms with van der Waals surface area (Å²) in [5.41, 5.74) is -3.29. The van der Waals surface area contributed by atoms with E-state index in [9.17, 15) is 49.8 Å². The van der Waals surface area contributed by atoms with Gasteiger partial charge >= 0.3 is 0 Å². The van der Waals surface area contributed by atoms with Crippen LogP contribution in [-0.4, -0.2) is 141 Å². The Bertz CT molecular complexity index is 2470. The van der Waals surface area contributed by atoms with Crippen LogP contribution in [0.4, 0.5) is 5.69 Å². The maximum absolute atomic E-state index is 14.8. The number of amidine groups is 1. The number of para-hydroxylation sites is 1. The number of ketones is 2. The van der Waals surface area contributed by atoms with Gasteiger partial charge in [0.1, 0.15) is 36.4 Å². The van der Waals surface area contributed by atoms with Gasteiger partial charge in [0.25, 0.3) is 11.7 Å². The molecule has 6 aliphatic rings. The summed E-state index contributed by atoms with van der Waals surface area (Å²) in [5, 5.41) is 78.1. The second kappa shape index (κ2) is 15.9. The van der Waals surface area contributed by atoms with Crippen molar-refractivity contribution in [2.45, 2.75) is 74.0 Å². The Labute approximate surface area is 352 Å². The number of aliphatic hydroxyl groups excluding tert-OH is 4. The van der Waals surface area contributed by atoms with Crippen molar-refractivity contribution in [2.24, 2.45) is 15.9 Å². The smallest absolute Gasteiger partial charge is 0.284 e. The van der Waals surface area contributed by atoms with Crippen LogP contribution in [0.5, 0.6) is 11.5 Å². The molecule has 9 N–H and O–H groups in total. The van der Waals surface area contributed by atoms with E-state index in [1.807, 2.05) is 0 Å². The van der Waals surface area contributed by atoms with Gasteiger partial charge in [-0.3, -0.25) is 25.1 Å². The fraction of sp³-hybridized carbons (Fsp3) is 0.419.